The Balaban J connectivity index is 1.79. The molecule has 1 spiro atoms. The molecule has 7 nitrogen and oxygen atoms in total. The number of amides is 2. The van der Waals surface area contributed by atoms with Crippen LogP contribution in [0.2, 0.25) is 0 Å². The van der Waals surface area contributed by atoms with Gasteiger partial charge in [-0.2, -0.15) is 0 Å². The van der Waals surface area contributed by atoms with Crippen LogP contribution in [0.5, 0.6) is 5.75 Å². The first-order chi connectivity index (χ1) is 11.7. The molecule has 1 aromatic rings. The molecule has 0 N–H and O–H groups in total. The third kappa shape index (κ3) is 2.68. The first-order valence-electron chi connectivity index (χ1n) is 8.15. The predicted molar refractivity (Wildman–Crippen MR) is 92.2 cm³/mol. The predicted octanol–water partition coefficient (Wildman–Crippen LogP) is 0.823. The molecule has 2 aliphatic rings. The number of methoxy groups -OCH3 is 1. The molecule has 0 radical (unpaired) electrons. The van der Waals surface area contributed by atoms with Crippen molar-refractivity contribution in [1.82, 2.24) is 9.80 Å². The molecule has 2 saturated heterocycles. The van der Waals surface area contributed by atoms with Gasteiger partial charge in [0.25, 0.3) is 5.91 Å². The maximum atomic E-state index is 12.8. The third-order valence-corrected chi connectivity index (χ3v) is 7.84. The van der Waals surface area contributed by atoms with E-state index in [1.807, 2.05) is 6.92 Å². The summed E-state index contributed by atoms with van der Waals surface area (Å²) in [5, 5.41) is 0. The summed E-state index contributed by atoms with van der Waals surface area (Å²) in [6, 6.07) is 5.26. The first kappa shape index (κ1) is 17.7. The molecule has 25 heavy (non-hydrogen) atoms. The summed E-state index contributed by atoms with van der Waals surface area (Å²) in [6.45, 7) is 2.46. The second kappa shape index (κ2) is 6.01. The zero-order chi connectivity index (χ0) is 18.4. The molecule has 2 fully saturated rings. The Bertz CT molecular complexity index is 825. The second-order valence-electron chi connectivity index (χ2n) is 6.63. The summed E-state index contributed by atoms with van der Waals surface area (Å²) in [4.78, 5) is 26.5. The van der Waals surface area contributed by atoms with Crippen molar-refractivity contribution in [2.75, 3.05) is 33.0 Å². The molecule has 0 unspecified atom stereocenters. The molecule has 2 amide bonds. The normalized spacial score (nSPS) is 21.6. The number of carbonyl (C=O) groups is 2. The van der Waals surface area contributed by atoms with E-state index in [0.717, 1.165) is 5.56 Å². The van der Waals surface area contributed by atoms with E-state index < -0.39 is 20.5 Å². The zero-order valence-corrected chi connectivity index (χ0v) is 15.4. The number of benzene rings is 1. The highest BCUT2D eigenvalue weighted by atomic mass is 32.2. The molecule has 2 heterocycles. The number of hydrogen-bond acceptors (Lipinski definition) is 5. The summed E-state index contributed by atoms with van der Waals surface area (Å²) < 4.78 is 30.1. The number of piperidine rings is 1. The van der Waals surface area contributed by atoms with Gasteiger partial charge in [-0.05, 0) is 30.7 Å². The molecule has 0 aromatic heterocycles. The lowest BCUT2D eigenvalue weighted by Crippen LogP contribution is -2.55. The average molecular weight is 366 g/mol. The molecular formula is C17H22N2O5S. The summed E-state index contributed by atoms with van der Waals surface area (Å²) in [5.41, 5.74) is 1.39. The van der Waals surface area contributed by atoms with Gasteiger partial charge < -0.3 is 14.5 Å². The zero-order valence-electron chi connectivity index (χ0n) is 14.6. The second-order valence-corrected chi connectivity index (χ2v) is 8.91. The van der Waals surface area contributed by atoms with Crippen LogP contribution in [0.25, 0.3) is 0 Å². The highest BCUT2D eigenvalue weighted by Gasteiger charge is 2.57. The van der Waals surface area contributed by atoms with Crippen molar-refractivity contribution in [3.63, 3.8) is 0 Å². The van der Waals surface area contributed by atoms with E-state index in [0.29, 0.717) is 24.4 Å². The van der Waals surface area contributed by atoms with Gasteiger partial charge in [-0.25, -0.2) is 8.42 Å². The van der Waals surface area contributed by atoms with Crippen LogP contribution in [0.3, 0.4) is 0 Å². The quantitative estimate of drug-likeness (QED) is 0.774. The van der Waals surface area contributed by atoms with Crippen LogP contribution in [-0.4, -0.2) is 67.9 Å². The molecule has 1 aromatic carbocycles. The monoisotopic (exact) mass is 366 g/mol. The summed E-state index contributed by atoms with van der Waals surface area (Å²) in [7, 11) is -0.408. The van der Waals surface area contributed by atoms with Crippen LogP contribution < -0.4 is 4.74 Å². The first-order valence-corrected chi connectivity index (χ1v) is 9.80. The van der Waals surface area contributed by atoms with Gasteiger partial charge in [-0.1, -0.05) is 0 Å². The SMILES string of the molecule is COc1ccc(C(=O)N2CCC3(CC2)N(C)C(=O)CS3(=O)=O)c(C)c1. The number of likely N-dealkylation sites (tertiary alicyclic amines) is 1. The molecule has 0 bridgehead atoms. The van der Waals surface area contributed by atoms with E-state index in [9.17, 15) is 18.0 Å². The maximum absolute atomic E-state index is 12.8. The van der Waals surface area contributed by atoms with Gasteiger partial charge in [-0.3, -0.25) is 9.59 Å². The van der Waals surface area contributed by atoms with E-state index in [1.54, 1.807) is 30.2 Å². The summed E-state index contributed by atoms with van der Waals surface area (Å²) >= 11 is 0. The fraction of sp³-hybridized carbons (Fsp3) is 0.529. The van der Waals surface area contributed by atoms with Gasteiger partial charge >= 0.3 is 0 Å². The fourth-order valence-corrected chi connectivity index (χ4v) is 5.82. The van der Waals surface area contributed by atoms with Crippen molar-refractivity contribution in [3.05, 3.63) is 29.3 Å². The minimum absolute atomic E-state index is 0.126. The van der Waals surface area contributed by atoms with E-state index in [1.165, 1.54) is 11.9 Å². The lowest BCUT2D eigenvalue weighted by molar-refractivity contribution is -0.129. The van der Waals surface area contributed by atoms with Crippen LogP contribution in [0, 0.1) is 6.92 Å². The molecule has 136 valence electrons. The number of aryl methyl sites for hydroxylation is 1. The molecule has 0 atom stereocenters. The molecule has 3 rings (SSSR count). The number of carbonyl (C=O) groups excluding carboxylic acids is 2. The van der Waals surface area contributed by atoms with Gasteiger partial charge in [-0.15, -0.1) is 0 Å². The van der Waals surface area contributed by atoms with Gasteiger partial charge in [0.05, 0.1) is 7.11 Å². The largest absolute Gasteiger partial charge is 0.497 e. The topological polar surface area (TPSA) is 84.0 Å². The molecule has 8 heteroatoms. The summed E-state index contributed by atoms with van der Waals surface area (Å²) in [5.74, 6) is -0.247. The number of sulfone groups is 1. The van der Waals surface area contributed by atoms with E-state index >= 15 is 0 Å². The van der Waals surface area contributed by atoms with E-state index in [-0.39, 0.29) is 24.7 Å². The average Bonchev–Trinajstić information content (AvgIpc) is 2.74. The highest BCUT2D eigenvalue weighted by Crippen LogP contribution is 2.39. The third-order valence-electron chi connectivity index (χ3n) is 5.37. The number of rotatable bonds is 2. The van der Waals surface area contributed by atoms with Crippen molar-refractivity contribution >= 4 is 21.7 Å². The Morgan fingerprint density at radius 1 is 1.24 bits per heavy atom. The van der Waals surface area contributed by atoms with Crippen LogP contribution in [0.1, 0.15) is 28.8 Å². The Hall–Kier alpha value is -2.09. The summed E-state index contributed by atoms with van der Waals surface area (Å²) in [6.07, 6.45) is 0.497. The number of nitrogens with zero attached hydrogens (tertiary/aromatic N) is 2. The Kier molecular flexibility index (Phi) is 4.26. The minimum atomic E-state index is -3.52. The molecular weight excluding hydrogens is 344 g/mol. The highest BCUT2D eigenvalue weighted by molar-refractivity contribution is 7.93. The van der Waals surface area contributed by atoms with Crippen molar-refractivity contribution in [1.29, 1.82) is 0 Å². The van der Waals surface area contributed by atoms with Crippen LogP contribution in [0.15, 0.2) is 18.2 Å². The number of ether oxygens (including phenoxy) is 1. The van der Waals surface area contributed by atoms with Crippen molar-refractivity contribution in [2.24, 2.45) is 0 Å². The Morgan fingerprint density at radius 3 is 2.36 bits per heavy atom. The van der Waals surface area contributed by atoms with E-state index in [4.69, 9.17) is 4.74 Å². The Labute approximate surface area is 147 Å². The van der Waals surface area contributed by atoms with Crippen LogP contribution >= 0.6 is 0 Å². The lowest BCUT2D eigenvalue weighted by atomic mass is 10.0. The van der Waals surface area contributed by atoms with Crippen LogP contribution in [-0.2, 0) is 14.6 Å². The van der Waals surface area contributed by atoms with Gasteiger partial charge in [0, 0.05) is 38.5 Å². The molecule has 0 saturated carbocycles. The van der Waals surface area contributed by atoms with Crippen molar-refractivity contribution in [2.45, 2.75) is 24.6 Å². The Morgan fingerprint density at radius 2 is 1.88 bits per heavy atom. The van der Waals surface area contributed by atoms with Gasteiger partial charge in [0.15, 0.2) is 9.84 Å². The lowest BCUT2D eigenvalue weighted by Gasteiger charge is -2.42. The standard InChI is InChI=1S/C17H22N2O5S/c1-12-10-13(24-3)4-5-14(12)16(21)19-8-6-17(7-9-19)18(2)15(20)11-25(17,22)23/h4-5,10H,6-9,11H2,1-3H3. The molecule has 2 aliphatic heterocycles. The van der Waals surface area contributed by atoms with Crippen molar-refractivity contribution in [3.8, 4) is 5.75 Å². The van der Waals surface area contributed by atoms with E-state index in [2.05, 4.69) is 0 Å². The smallest absolute Gasteiger partial charge is 0.254 e. The number of hydrogen-bond donors (Lipinski definition) is 0. The maximum Gasteiger partial charge on any atom is 0.254 e. The molecule has 0 aliphatic carbocycles. The minimum Gasteiger partial charge on any atom is -0.497 e. The van der Waals surface area contributed by atoms with Gasteiger partial charge in [0.2, 0.25) is 5.91 Å². The van der Waals surface area contributed by atoms with Crippen molar-refractivity contribution < 1.29 is 22.7 Å². The fourth-order valence-electron chi connectivity index (χ4n) is 3.71. The van der Waals surface area contributed by atoms with Gasteiger partial charge in [0.1, 0.15) is 16.4 Å². The van der Waals surface area contributed by atoms with Crippen LogP contribution in [0.4, 0.5) is 0 Å².